The molecule has 2 saturated carbocycles. The summed E-state index contributed by atoms with van der Waals surface area (Å²) in [5.41, 5.74) is 0. The SMILES string of the molecule is C[C@@H](NC(=O)OC1CCCC1)C1CC1. The summed E-state index contributed by atoms with van der Waals surface area (Å²) in [5.74, 6) is 0.700. The molecule has 0 bridgehead atoms. The molecule has 3 nitrogen and oxygen atoms in total. The van der Waals surface area contributed by atoms with Crippen molar-refractivity contribution in [1.82, 2.24) is 5.32 Å². The molecule has 0 spiro atoms. The zero-order chi connectivity index (χ0) is 9.97. The van der Waals surface area contributed by atoms with Gasteiger partial charge in [0.05, 0.1) is 0 Å². The van der Waals surface area contributed by atoms with Crippen LogP contribution in [0.25, 0.3) is 0 Å². The summed E-state index contributed by atoms with van der Waals surface area (Å²) in [6.45, 7) is 2.06. The lowest BCUT2D eigenvalue weighted by atomic mass is 10.2. The minimum Gasteiger partial charge on any atom is -0.446 e. The van der Waals surface area contributed by atoms with E-state index in [2.05, 4.69) is 12.2 Å². The van der Waals surface area contributed by atoms with Crippen molar-refractivity contribution < 1.29 is 9.53 Å². The van der Waals surface area contributed by atoms with Crippen molar-refractivity contribution in [1.29, 1.82) is 0 Å². The Morgan fingerprint density at radius 2 is 1.93 bits per heavy atom. The summed E-state index contributed by atoms with van der Waals surface area (Å²) >= 11 is 0. The first-order valence-electron chi connectivity index (χ1n) is 5.73. The van der Waals surface area contributed by atoms with Crippen LogP contribution in [0, 0.1) is 5.92 Å². The first-order valence-corrected chi connectivity index (χ1v) is 5.73. The van der Waals surface area contributed by atoms with Crippen LogP contribution >= 0.6 is 0 Å². The number of alkyl carbamates (subject to hydrolysis) is 1. The third-order valence-corrected chi connectivity index (χ3v) is 3.25. The molecule has 3 heteroatoms. The molecule has 14 heavy (non-hydrogen) atoms. The molecule has 2 aliphatic carbocycles. The van der Waals surface area contributed by atoms with Crippen LogP contribution in [0.4, 0.5) is 4.79 Å². The van der Waals surface area contributed by atoms with Crippen LogP contribution < -0.4 is 5.32 Å². The summed E-state index contributed by atoms with van der Waals surface area (Å²) in [6, 6.07) is 0.295. The zero-order valence-corrected chi connectivity index (χ0v) is 8.79. The lowest BCUT2D eigenvalue weighted by Gasteiger charge is -2.16. The fourth-order valence-electron chi connectivity index (χ4n) is 2.09. The summed E-state index contributed by atoms with van der Waals surface area (Å²) < 4.78 is 5.31. The summed E-state index contributed by atoms with van der Waals surface area (Å²) in [6.07, 6.45) is 6.98. The van der Waals surface area contributed by atoms with Gasteiger partial charge in [0.15, 0.2) is 0 Å². The van der Waals surface area contributed by atoms with Gasteiger partial charge in [-0.3, -0.25) is 0 Å². The van der Waals surface area contributed by atoms with E-state index in [9.17, 15) is 4.79 Å². The lowest BCUT2D eigenvalue weighted by molar-refractivity contribution is 0.0976. The lowest BCUT2D eigenvalue weighted by Crippen LogP contribution is -2.36. The van der Waals surface area contributed by atoms with Crippen molar-refractivity contribution in [3.63, 3.8) is 0 Å². The summed E-state index contributed by atoms with van der Waals surface area (Å²) in [4.78, 5) is 11.4. The minimum atomic E-state index is -0.212. The van der Waals surface area contributed by atoms with Gasteiger partial charge in [-0.05, 0) is 51.4 Å². The van der Waals surface area contributed by atoms with Gasteiger partial charge in [0.1, 0.15) is 6.10 Å². The Kier molecular flexibility index (Phi) is 2.94. The second-order valence-electron chi connectivity index (χ2n) is 4.58. The molecule has 2 aliphatic rings. The predicted molar refractivity (Wildman–Crippen MR) is 54.1 cm³/mol. The van der Waals surface area contributed by atoms with Gasteiger partial charge in [-0.15, -0.1) is 0 Å². The molecule has 1 N–H and O–H groups in total. The van der Waals surface area contributed by atoms with E-state index in [1.54, 1.807) is 0 Å². The minimum absolute atomic E-state index is 0.182. The van der Waals surface area contributed by atoms with Crippen molar-refractivity contribution in [3.8, 4) is 0 Å². The molecule has 1 atom stereocenters. The highest BCUT2D eigenvalue weighted by Gasteiger charge is 2.30. The smallest absolute Gasteiger partial charge is 0.407 e. The maximum atomic E-state index is 11.4. The van der Waals surface area contributed by atoms with Gasteiger partial charge in [-0.2, -0.15) is 0 Å². The van der Waals surface area contributed by atoms with Crippen LogP contribution in [0.15, 0.2) is 0 Å². The van der Waals surface area contributed by atoms with E-state index in [0.717, 1.165) is 12.8 Å². The van der Waals surface area contributed by atoms with Gasteiger partial charge in [-0.25, -0.2) is 4.79 Å². The van der Waals surface area contributed by atoms with Gasteiger partial charge in [-0.1, -0.05) is 0 Å². The topological polar surface area (TPSA) is 38.3 Å². The van der Waals surface area contributed by atoms with Crippen molar-refractivity contribution in [2.75, 3.05) is 0 Å². The number of nitrogens with one attached hydrogen (secondary N) is 1. The van der Waals surface area contributed by atoms with Crippen LogP contribution in [-0.2, 0) is 4.74 Å². The molecule has 0 aromatic carbocycles. The van der Waals surface area contributed by atoms with Crippen molar-refractivity contribution in [2.45, 2.75) is 57.6 Å². The molecule has 0 unspecified atom stereocenters. The highest BCUT2D eigenvalue weighted by Crippen LogP contribution is 2.32. The molecular weight excluding hydrogens is 178 g/mol. The highest BCUT2D eigenvalue weighted by molar-refractivity contribution is 5.67. The third-order valence-electron chi connectivity index (χ3n) is 3.25. The normalized spacial score (nSPS) is 24.6. The number of rotatable bonds is 3. The van der Waals surface area contributed by atoms with Gasteiger partial charge in [0.25, 0.3) is 0 Å². The Bertz CT molecular complexity index is 201. The summed E-state index contributed by atoms with van der Waals surface area (Å²) in [5, 5.41) is 2.91. The Balaban J connectivity index is 1.66. The van der Waals surface area contributed by atoms with E-state index < -0.39 is 0 Å². The molecular formula is C11H19NO2. The van der Waals surface area contributed by atoms with Crippen LogP contribution in [-0.4, -0.2) is 18.2 Å². The highest BCUT2D eigenvalue weighted by atomic mass is 16.6. The first-order chi connectivity index (χ1) is 6.75. The summed E-state index contributed by atoms with van der Waals surface area (Å²) in [7, 11) is 0. The predicted octanol–water partition coefficient (Wildman–Crippen LogP) is 2.45. The largest absolute Gasteiger partial charge is 0.446 e. The van der Waals surface area contributed by atoms with E-state index >= 15 is 0 Å². The Morgan fingerprint density at radius 1 is 1.29 bits per heavy atom. The number of hydrogen-bond acceptors (Lipinski definition) is 2. The van der Waals surface area contributed by atoms with E-state index in [0.29, 0.717) is 12.0 Å². The maximum Gasteiger partial charge on any atom is 0.407 e. The Labute approximate surface area is 85.2 Å². The van der Waals surface area contributed by atoms with Crippen molar-refractivity contribution in [2.24, 2.45) is 5.92 Å². The number of hydrogen-bond donors (Lipinski definition) is 1. The molecule has 80 valence electrons. The standard InChI is InChI=1S/C11H19NO2/c1-8(9-6-7-9)12-11(13)14-10-4-2-3-5-10/h8-10H,2-7H2,1H3,(H,12,13)/t8-/m1/s1. The zero-order valence-electron chi connectivity index (χ0n) is 8.79. The monoisotopic (exact) mass is 197 g/mol. The first kappa shape index (κ1) is 9.81. The maximum absolute atomic E-state index is 11.4. The molecule has 0 radical (unpaired) electrons. The van der Waals surface area contributed by atoms with E-state index in [-0.39, 0.29) is 12.2 Å². The van der Waals surface area contributed by atoms with E-state index in [4.69, 9.17) is 4.74 Å². The molecule has 0 aromatic heterocycles. The van der Waals surface area contributed by atoms with Crippen molar-refractivity contribution >= 4 is 6.09 Å². The average Bonchev–Trinajstić information content (AvgIpc) is 2.87. The molecule has 2 fully saturated rings. The van der Waals surface area contributed by atoms with Crippen molar-refractivity contribution in [3.05, 3.63) is 0 Å². The number of carbonyl (C=O) groups is 1. The van der Waals surface area contributed by atoms with E-state index in [1.807, 2.05) is 0 Å². The van der Waals surface area contributed by atoms with Crippen LogP contribution in [0.1, 0.15) is 45.4 Å². The molecule has 0 saturated heterocycles. The molecule has 1 amide bonds. The molecule has 0 aromatic rings. The fraction of sp³-hybridized carbons (Fsp3) is 0.909. The molecule has 0 aliphatic heterocycles. The average molecular weight is 197 g/mol. The number of ether oxygens (including phenoxy) is 1. The Morgan fingerprint density at radius 3 is 2.50 bits per heavy atom. The quantitative estimate of drug-likeness (QED) is 0.754. The second-order valence-corrected chi connectivity index (χ2v) is 4.58. The van der Waals surface area contributed by atoms with Crippen LogP contribution in [0.3, 0.4) is 0 Å². The van der Waals surface area contributed by atoms with Crippen LogP contribution in [0.2, 0.25) is 0 Å². The van der Waals surface area contributed by atoms with Gasteiger partial charge in [0.2, 0.25) is 0 Å². The second kappa shape index (κ2) is 4.20. The molecule has 2 rings (SSSR count). The van der Waals surface area contributed by atoms with Crippen LogP contribution in [0.5, 0.6) is 0 Å². The Hall–Kier alpha value is -0.730. The van der Waals surface area contributed by atoms with Gasteiger partial charge in [0, 0.05) is 6.04 Å². The molecule has 0 heterocycles. The number of carbonyl (C=O) groups excluding carboxylic acids is 1. The van der Waals surface area contributed by atoms with Gasteiger partial charge >= 0.3 is 6.09 Å². The fourth-order valence-corrected chi connectivity index (χ4v) is 2.09. The van der Waals surface area contributed by atoms with E-state index in [1.165, 1.54) is 25.7 Å². The third kappa shape index (κ3) is 2.63. The number of amides is 1. The van der Waals surface area contributed by atoms with Gasteiger partial charge < -0.3 is 10.1 Å².